The summed E-state index contributed by atoms with van der Waals surface area (Å²) in [7, 11) is 0. The number of nitrogens with zero attached hydrogens (tertiary/aromatic N) is 4. The number of benzene rings is 2. The van der Waals surface area contributed by atoms with Gasteiger partial charge < -0.3 is 10.8 Å². The standard InChI is InChI=1S/C22H14N6O4/c23-19-6-3-13(9-24-19)11-2-5-18(16(7-11)22(31)32)28-20(29)14-4-1-12(8-15(14)21(28)30)17-10-25-27-26-17/h1-10H,(H2,23,24)(H,31,32)(H,25,26,27). The number of aromatic carboxylic acids is 1. The van der Waals surface area contributed by atoms with Crippen LogP contribution in [0.15, 0.2) is 60.9 Å². The minimum absolute atomic E-state index is 0.0150. The zero-order valence-electron chi connectivity index (χ0n) is 16.3. The maximum absolute atomic E-state index is 13.1. The number of imide groups is 1. The molecule has 10 nitrogen and oxygen atoms in total. The van der Waals surface area contributed by atoms with Gasteiger partial charge in [-0.25, -0.2) is 14.7 Å². The fourth-order valence-electron chi connectivity index (χ4n) is 3.62. The van der Waals surface area contributed by atoms with Crippen molar-refractivity contribution < 1.29 is 19.5 Å². The highest BCUT2D eigenvalue weighted by Crippen LogP contribution is 2.35. The molecule has 156 valence electrons. The number of nitrogens with two attached hydrogens (primary N) is 1. The molecular weight excluding hydrogens is 412 g/mol. The number of carboxylic acid groups (broad SMARTS) is 1. The van der Waals surface area contributed by atoms with Gasteiger partial charge in [0, 0.05) is 23.5 Å². The van der Waals surface area contributed by atoms with E-state index in [9.17, 15) is 19.5 Å². The Morgan fingerprint density at radius 2 is 1.69 bits per heavy atom. The number of carboxylic acids is 1. The van der Waals surface area contributed by atoms with Gasteiger partial charge >= 0.3 is 5.97 Å². The van der Waals surface area contributed by atoms with Crippen LogP contribution < -0.4 is 10.6 Å². The molecule has 2 amide bonds. The van der Waals surface area contributed by atoms with E-state index in [1.165, 1.54) is 24.4 Å². The normalized spacial score (nSPS) is 12.8. The van der Waals surface area contributed by atoms with Gasteiger partial charge in [0.1, 0.15) is 11.5 Å². The van der Waals surface area contributed by atoms with Gasteiger partial charge in [-0.05, 0) is 42.0 Å². The molecule has 0 radical (unpaired) electrons. The van der Waals surface area contributed by atoms with Crippen molar-refractivity contribution in [3.05, 3.63) is 77.6 Å². The van der Waals surface area contributed by atoms with E-state index in [2.05, 4.69) is 20.4 Å². The number of aromatic nitrogens is 4. The van der Waals surface area contributed by atoms with Crippen LogP contribution in [-0.4, -0.2) is 43.3 Å². The number of fused-ring (bicyclic) bond motifs is 1. The lowest BCUT2D eigenvalue weighted by molar-refractivity contribution is 0.0698. The molecule has 10 heteroatoms. The highest BCUT2D eigenvalue weighted by Gasteiger charge is 2.38. The van der Waals surface area contributed by atoms with Crippen molar-refractivity contribution in [2.24, 2.45) is 0 Å². The molecule has 3 heterocycles. The maximum Gasteiger partial charge on any atom is 0.337 e. The number of nitrogen functional groups attached to an aromatic ring is 1. The van der Waals surface area contributed by atoms with Gasteiger partial charge in [0.05, 0.1) is 22.4 Å². The largest absolute Gasteiger partial charge is 0.478 e. The molecule has 4 N–H and O–H groups in total. The number of amides is 2. The Balaban J connectivity index is 1.58. The van der Waals surface area contributed by atoms with Crippen LogP contribution in [0.4, 0.5) is 11.5 Å². The van der Waals surface area contributed by atoms with Gasteiger partial charge in [-0.2, -0.15) is 0 Å². The first kappa shape index (κ1) is 19.1. The highest BCUT2D eigenvalue weighted by molar-refractivity contribution is 6.35. The van der Waals surface area contributed by atoms with Crippen molar-refractivity contribution in [1.29, 1.82) is 0 Å². The summed E-state index contributed by atoms with van der Waals surface area (Å²) in [6, 6.07) is 12.5. The van der Waals surface area contributed by atoms with Gasteiger partial charge in [0.15, 0.2) is 0 Å². The summed E-state index contributed by atoms with van der Waals surface area (Å²) in [6.07, 6.45) is 3.08. The quantitative estimate of drug-likeness (QED) is 0.421. The molecule has 2 aromatic heterocycles. The summed E-state index contributed by atoms with van der Waals surface area (Å²) < 4.78 is 0. The second-order valence-electron chi connectivity index (χ2n) is 7.07. The minimum Gasteiger partial charge on any atom is -0.478 e. The van der Waals surface area contributed by atoms with Crippen LogP contribution in [-0.2, 0) is 0 Å². The number of aromatic amines is 1. The first-order chi connectivity index (χ1) is 15.4. The van der Waals surface area contributed by atoms with Gasteiger partial charge in [0.25, 0.3) is 11.8 Å². The lowest BCUT2D eigenvalue weighted by atomic mass is 10.0. The zero-order valence-corrected chi connectivity index (χ0v) is 16.3. The van der Waals surface area contributed by atoms with Crippen LogP contribution in [0.5, 0.6) is 0 Å². The summed E-state index contributed by atoms with van der Waals surface area (Å²) in [5, 5.41) is 19.9. The van der Waals surface area contributed by atoms with E-state index in [1.54, 1.807) is 36.5 Å². The number of hydrogen-bond acceptors (Lipinski definition) is 7. The van der Waals surface area contributed by atoms with E-state index in [0.29, 0.717) is 28.2 Å². The Bertz CT molecular complexity index is 1400. The SMILES string of the molecule is Nc1ccc(-c2ccc(N3C(=O)c4ccc(-c5c[nH]nn5)cc4C3=O)c(C(=O)O)c2)cn1. The summed E-state index contributed by atoms with van der Waals surface area (Å²) in [6.45, 7) is 0. The molecule has 0 saturated carbocycles. The molecule has 32 heavy (non-hydrogen) atoms. The fourth-order valence-corrected chi connectivity index (χ4v) is 3.62. The van der Waals surface area contributed by atoms with Crippen LogP contribution >= 0.6 is 0 Å². The Morgan fingerprint density at radius 1 is 0.938 bits per heavy atom. The number of carbonyl (C=O) groups excluding carboxylic acids is 2. The van der Waals surface area contributed by atoms with E-state index < -0.39 is 17.8 Å². The predicted octanol–water partition coefficient (Wildman–Crippen LogP) is 2.61. The Hall–Kier alpha value is -4.86. The number of H-pyrrole nitrogens is 1. The van der Waals surface area contributed by atoms with Crippen molar-refractivity contribution in [1.82, 2.24) is 20.4 Å². The molecule has 2 aromatic carbocycles. The number of carbonyl (C=O) groups is 3. The van der Waals surface area contributed by atoms with Crippen molar-refractivity contribution in [3.8, 4) is 22.4 Å². The maximum atomic E-state index is 13.1. The number of rotatable bonds is 4. The lowest BCUT2D eigenvalue weighted by Crippen LogP contribution is -2.31. The zero-order chi connectivity index (χ0) is 22.4. The molecule has 0 fully saturated rings. The summed E-state index contributed by atoms with van der Waals surface area (Å²) in [4.78, 5) is 43.1. The molecule has 0 aliphatic carbocycles. The molecule has 0 unspecified atom stereocenters. The van der Waals surface area contributed by atoms with Crippen molar-refractivity contribution in [2.75, 3.05) is 10.6 Å². The Labute approximate surface area is 180 Å². The number of nitrogens with one attached hydrogen (secondary N) is 1. The van der Waals surface area contributed by atoms with Crippen molar-refractivity contribution in [2.45, 2.75) is 0 Å². The summed E-state index contributed by atoms with van der Waals surface area (Å²) >= 11 is 0. The molecule has 1 aliphatic rings. The van der Waals surface area contributed by atoms with Gasteiger partial charge in [0.2, 0.25) is 0 Å². The highest BCUT2D eigenvalue weighted by atomic mass is 16.4. The first-order valence-electron chi connectivity index (χ1n) is 9.43. The second-order valence-corrected chi connectivity index (χ2v) is 7.07. The third kappa shape index (κ3) is 2.98. The van der Waals surface area contributed by atoms with E-state index >= 15 is 0 Å². The first-order valence-corrected chi connectivity index (χ1v) is 9.43. The molecule has 0 saturated heterocycles. The van der Waals surface area contributed by atoms with Crippen LogP contribution in [0.2, 0.25) is 0 Å². The predicted molar refractivity (Wildman–Crippen MR) is 114 cm³/mol. The van der Waals surface area contributed by atoms with Crippen LogP contribution in [0.1, 0.15) is 31.1 Å². The molecule has 0 spiro atoms. The average Bonchev–Trinajstić information content (AvgIpc) is 3.41. The third-order valence-electron chi connectivity index (χ3n) is 5.19. The summed E-state index contributed by atoms with van der Waals surface area (Å²) in [5.41, 5.74) is 8.07. The average molecular weight is 426 g/mol. The van der Waals surface area contributed by atoms with Crippen molar-refractivity contribution >= 4 is 29.3 Å². The van der Waals surface area contributed by atoms with Crippen LogP contribution in [0.3, 0.4) is 0 Å². The number of anilines is 2. The van der Waals surface area contributed by atoms with Crippen molar-refractivity contribution in [3.63, 3.8) is 0 Å². The molecule has 4 aromatic rings. The number of hydrogen-bond donors (Lipinski definition) is 3. The summed E-state index contributed by atoms with van der Waals surface area (Å²) in [5.74, 6) is -2.15. The van der Waals surface area contributed by atoms with E-state index in [4.69, 9.17) is 5.73 Å². The smallest absolute Gasteiger partial charge is 0.337 e. The number of pyridine rings is 1. The van der Waals surface area contributed by atoms with Crippen LogP contribution in [0, 0.1) is 0 Å². The van der Waals surface area contributed by atoms with Crippen LogP contribution in [0.25, 0.3) is 22.4 Å². The second kappa shape index (κ2) is 7.13. The minimum atomic E-state index is -1.27. The van der Waals surface area contributed by atoms with E-state index in [1.807, 2.05) is 0 Å². The van der Waals surface area contributed by atoms with Gasteiger partial charge in [-0.1, -0.05) is 17.3 Å². The third-order valence-corrected chi connectivity index (χ3v) is 5.19. The van der Waals surface area contributed by atoms with Gasteiger partial charge in [-0.15, -0.1) is 5.10 Å². The molecule has 0 bridgehead atoms. The topological polar surface area (TPSA) is 155 Å². The Kier molecular flexibility index (Phi) is 4.26. The lowest BCUT2D eigenvalue weighted by Gasteiger charge is -2.17. The monoisotopic (exact) mass is 426 g/mol. The fraction of sp³-hybridized carbons (Fsp3) is 0. The molecule has 5 rings (SSSR count). The van der Waals surface area contributed by atoms with Gasteiger partial charge in [-0.3, -0.25) is 14.7 Å². The van der Waals surface area contributed by atoms with E-state index in [0.717, 1.165) is 4.90 Å². The Morgan fingerprint density at radius 3 is 2.38 bits per heavy atom. The molecular formula is C22H14N6O4. The molecule has 1 aliphatic heterocycles. The molecule has 0 atom stereocenters. The van der Waals surface area contributed by atoms with E-state index in [-0.39, 0.29) is 22.4 Å².